The van der Waals surface area contributed by atoms with Crippen molar-refractivity contribution in [3.63, 3.8) is 0 Å². The topological polar surface area (TPSA) is 105 Å². The molecule has 8 nitrogen and oxygen atoms in total. The molecule has 1 saturated heterocycles. The average molecular weight is 591 g/mol. The molecule has 41 heavy (non-hydrogen) atoms. The molecule has 4 rings (SSSR count). The van der Waals surface area contributed by atoms with Crippen LogP contribution >= 0.6 is 24.0 Å². The predicted octanol–water partition coefficient (Wildman–Crippen LogP) is 6.37. The highest BCUT2D eigenvalue weighted by molar-refractivity contribution is 8.26. The Morgan fingerprint density at radius 3 is 2.46 bits per heavy atom. The lowest BCUT2D eigenvalue weighted by Crippen LogP contribution is -2.29. The molecular formula is C31H30N2O6S2. The van der Waals surface area contributed by atoms with Gasteiger partial charge in [0.1, 0.15) is 10.9 Å². The van der Waals surface area contributed by atoms with Gasteiger partial charge >= 0.3 is 5.97 Å². The Hall–Kier alpha value is -4.15. The summed E-state index contributed by atoms with van der Waals surface area (Å²) in [5.74, 6) is -0.101. The minimum atomic E-state index is -1.01. The van der Waals surface area contributed by atoms with E-state index in [4.69, 9.17) is 26.8 Å². The van der Waals surface area contributed by atoms with Gasteiger partial charge in [0.15, 0.2) is 11.5 Å². The number of nitrogens with zero attached hydrogens (tertiary/aromatic N) is 1. The quantitative estimate of drug-likeness (QED) is 0.134. The maximum absolute atomic E-state index is 13.0. The second-order valence-corrected chi connectivity index (χ2v) is 10.9. The van der Waals surface area contributed by atoms with Crippen molar-refractivity contribution < 1.29 is 29.0 Å². The van der Waals surface area contributed by atoms with Crippen molar-refractivity contribution in [3.8, 4) is 11.5 Å². The molecule has 0 bridgehead atoms. The number of carbonyl (C=O) groups excluding carboxylic acids is 2. The van der Waals surface area contributed by atoms with Gasteiger partial charge in [0.2, 0.25) is 5.91 Å². The minimum absolute atomic E-state index is 0.133. The van der Waals surface area contributed by atoms with E-state index >= 15 is 0 Å². The van der Waals surface area contributed by atoms with Crippen molar-refractivity contribution >= 4 is 57.8 Å². The number of hydrogen-bond donors (Lipinski definition) is 2. The molecule has 10 heteroatoms. The summed E-state index contributed by atoms with van der Waals surface area (Å²) in [6.45, 7) is 0.901. The number of unbranched alkanes of at least 4 members (excludes halogenated alkanes) is 2. The van der Waals surface area contributed by atoms with Gasteiger partial charge < -0.3 is 19.9 Å². The number of amides is 2. The van der Waals surface area contributed by atoms with Gasteiger partial charge in [-0.2, -0.15) is 0 Å². The standard InChI is InChI=1S/C31H30N2O6S2/c1-38-26-18-22(11-16-25(26)39-20-21-8-4-2-5-9-21)19-27-29(35)33(31(40)41-27)17-7-3-6-10-28(34)32-24-14-12-23(13-15-24)30(36)37/h2,4-5,8-9,11-16,18-19H,3,6-7,10,17,20H2,1H3,(H,32,34)(H,36,37)/b27-19-. The van der Waals surface area contributed by atoms with Crippen molar-refractivity contribution in [2.75, 3.05) is 19.0 Å². The van der Waals surface area contributed by atoms with Crippen LogP contribution < -0.4 is 14.8 Å². The highest BCUT2D eigenvalue weighted by atomic mass is 32.2. The van der Waals surface area contributed by atoms with E-state index in [9.17, 15) is 14.4 Å². The Kier molecular flexibility index (Phi) is 10.5. The van der Waals surface area contributed by atoms with Gasteiger partial charge in [-0.25, -0.2) is 4.79 Å². The number of hydrogen-bond acceptors (Lipinski definition) is 7. The second-order valence-electron chi connectivity index (χ2n) is 9.26. The van der Waals surface area contributed by atoms with E-state index in [2.05, 4.69) is 5.32 Å². The van der Waals surface area contributed by atoms with E-state index in [0.29, 0.717) is 58.8 Å². The first-order valence-electron chi connectivity index (χ1n) is 13.1. The molecule has 0 unspecified atom stereocenters. The minimum Gasteiger partial charge on any atom is -0.493 e. The molecule has 0 aromatic heterocycles. The zero-order valence-electron chi connectivity index (χ0n) is 22.5. The fraction of sp³-hybridized carbons (Fsp3) is 0.226. The number of carboxylic acids is 1. The third-order valence-electron chi connectivity index (χ3n) is 6.30. The lowest BCUT2D eigenvalue weighted by Gasteiger charge is -2.14. The third-order valence-corrected chi connectivity index (χ3v) is 7.68. The summed E-state index contributed by atoms with van der Waals surface area (Å²) in [7, 11) is 1.58. The number of carboxylic acid groups (broad SMARTS) is 1. The van der Waals surface area contributed by atoms with Crippen molar-refractivity contribution in [2.45, 2.75) is 32.3 Å². The Morgan fingerprint density at radius 1 is 1.00 bits per heavy atom. The number of ether oxygens (including phenoxy) is 2. The van der Waals surface area contributed by atoms with Crippen molar-refractivity contribution in [1.29, 1.82) is 0 Å². The van der Waals surface area contributed by atoms with Crippen LogP contribution in [0.2, 0.25) is 0 Å². The lowest BCUT2D eigenvalue weighted by molar-refractivity contribution is -0.122. The average Bonchev–Trinajstić information content (AvgIpc) is 3.24. The Labute approximate surface area is 248 Å². The molecule has 1 aliphatic heterocycles. The Bertz CT molecular complexity index is 1440. The molecule has 0 radical (unpaired) electrons. The van der Waals surface area contributed by atoms with Crippen molar-refractivity contribution in [2.24, 2.45) is 0 Å². The lowest BCUT2D eigenvalue weighted by atomic mass is 10.1. The molecule has 1 heterocycles. The molecule has 1 fully saturated rings. The molecule has 3 aromatic carbocycles. The highest BCUT2D eigenvalue weighted by Crippen LogP contribution is 2.35. The molecule has 1 aliphatic rings. The van der Waals surface area contributed by atoms with Gasteiger partial charge in [0.25, 0.3) is 5.91 Å². The fourth-order valence-electron chi connectivity index (χ4n) is 4.12. The molecule has 0 atom stereocenters. The number of thiocarbonyl (C=S) groups is 1. The second kappa shape index (κ2) is 14.5. The van der Waals surface area contributed by atoms with Crippen LogP contribution in [0.4, 0.5) is 5.69 Å². The number of carbonyl (C=O) groups is 3. The normalized spacial score (nSPS) is 13.9. The molecule has 0 spiro atoms. The Morgan fingerprint density at radius 2 is 1.76 bits per heavy atom. The number of methoxy groups -OCH3 is 1. The van der Waals surface area contributed by atoms with Crippen LogP contribution in [0, 0.1) is 0 Å². The first-order valence-corrected chi connectivity index (χ1v) is 14.3. The maximum Gasteiger partial charge on any atom is 0.335 e. The summed E-state index contributed by atoms with van der Waals surface area (Å²) < 4.78 is 12.0. The monoisotopic (exact) mass is 590 g/mol. The van der Waals surface area contributed by atoms with Crippen LogP contribution in [0.3, 0.4) is 0 Å². The number of rotatable bonds is 13. The molecule has 0 aliphatic carbocycles. The SMILES string of the molecule is COc1cc(/C=C2\SC(=S)N(CCCCCC(=O)Nc3ccc(C(=O)O)cc3)C2=O)ccc1OCc1ccccc1. The zero-order chi connectivity index (χ0) is 29.2. The number of aromatic carboxylic acids is 1. The number of anilines is 1. The first-order chi connectivity index (χ1) is 19.8. The maximum atomic E-state index is 13.0. The van der Waals surface area contributed by atoms with E-state index in [1.54, 1.807) is 30.2 Å². The van der Waals surface area contributed by atoms with Gasteiger partial charge in [0.05, 0.1) is 17.6 Å². The molecule has 2 amide bonds. The van der Waals surface area contributed by atoms with E-state index in [1.165, 1.54) is 23.9 Å². The molecule has 212 valence electrons. The number of benzene rings is 3. The predicted molar refractivity (Wildman–Crippen MR) is 164 cm³/mol. The summed E-state index contributed by atoms with van der Waals surface area (Å²) in [5.41, 5.74) is 2.57. The summed E-state index contributed by atoms with van der Waals surface area (Å²) in [5, 5.41) is 11.7. The van der Waals surface area contributed by atoms with Crippen LogP contribution in [0.5, 0.6) is 11.5 Å². The zero-order valence-corrected chi connectivity index (χ0v) is 24.1. The largest absolute Gasteiger partial charge is 0.493 e. The van der Waals surface area contributed by atoms with Crippen molar-refractivity contribution in [1.82, 2.24) is 4.90 Å². The van der Waals surface area contributed by atoms with E-state index in [0.717, 1.165) is 17.5 Å². The summed E-state index contributed by atoms with van der Waals surface area (Å²) in [4.78, 5) is 38.3. The van der Waals surface area contributed by atoms with E-state index in [-0.39, 0.29) is 17.4 Å². The summed E-state index contributed by atoms with van der Waals surface area (Å²) in [6, 6.07) is 21.4. The van der Waals surface area contributed by atoms with Gasteiger partial charge in [-0.05, 0) is 66.4 Å². The number of nitrogens with one attached hydrogen (secondary N) is 1. The van der Waals surface area contributed by atoms with Gasteiger partial charge in [0, 0.05) is 18.7 Å². The number of thioether (sulfide) groups is 1. The van der Waals surface area contributed by atoms with Gasteiger partial charge in [-0.3, -0.25) is 14.5 Å². The smallest absolute Gasteiger partial charge is 0.335 e. The Balaban J connectivity index is 1.24. The molecule has 0 saturated carbocycles. The van der Waals surface area contributed by atoms with Crippen LogP contribution in [0.1, 0.15) is 47.2 Å². The van der Waals surface area contributed by atoms with Crippen molar-refractivity contribution in [3.05, 3.63) is 94.4 Å². The molecule has 2 N–H and O–H groups in total. The molecular weight excluding hydrogens is 560 g/mol. The van der Waals surface area contributed by atoms with Crippen LogP contribution in [0.15, 0.2) is 77.7 Å². The van der Waals surface area contributed by atoms with E-state index in [1.807, 2.05) is 48.5 Å². The van der Waals surface area contributed by atoms with E-state index < -0.39 is 5.97 Å². The summed E-state index contributed by atoms with van der Waals surface area (Å²) >= 11 is 6.73. The van der Waals surface area contributed by atoms with Gasteiger partial charge in [-0.15, -0.1) is 0 Å². The third kappa shape index (κ3) is 8.42. The first kappa shape index (κ1) is 29.8. The van der Waals surface area contributed by atoms with Crippen LogP contribution in [-0.4, -0.2) is 45.8 Å². The fourth-order valence-corrected chi connectivity index (χ4v) is 5.43. The van der Waals surface area contributed by atoms with Gasteiger partial charge in [-0.1, -0.05) is 66.8 Å². The van der Waals surface area contributed by atoms with Crippen LogP contribution in [-0.2, 0) is 16.2 Å². The summed E-state index contributed by atoms with van der Waals surface area (Å²) in [6.07, 6.45) is 4.24. The van der Waals surface area contributed by atoms with Crippen LogP contribution in [0.25, 0.3) is 6.08 Å². The highest BCUT2D eigenvalue weighted by Gasteiger charge is 2.31. The molecule has 3 aromatic rings.